The summed E-state index contributed by atoms with van der Waals surface area (Å²) in [4.78, 5) is 22.1. The zero-order chi connectivity index (χ0) is 14.8. The first-order valence-corrected chi connectivity index (χ1v) is 6.56. The molecule has 0 unspecified atom stereocenters. The summed E-state index contributed by atoms with van der Waals surface area (Å²) in [5.74, 6) is -0.502. The van der Waals surface area contributed by atoms with Gasteiger partial charge >= 0.3 is 5.97 Å². The highest BCUT2D eigenvalue weighted by molar-refractivity contribution is 5.91. The van der Waals surface area contributed by atoms with Gasteiger partial charge in [-0.25, -0.2) is 4.79 Å². The topological polar surface area (TPSA) is 81.5 Å². The highest BCUT2D eigenvalue weighted by Crippen LogP contribution is 2.40. The van der Waals surface area contributed by atoms with Crippen LogP contribution in [0.1, 0.15) is 36.5 Å². The third-order valence-corrected chi connectivity index (χ3v) is 3.88. The molecule has 1 N–H and O–H groups in total. The number of benzene rings is 1. The SMILES string of the molecule is COC(=O)c1ccc([N+](=O)[O-])c(NCC2(C)CCC2)c1. The smallest absolute Gasteiger partial charge is 0.337 e. The number of nitrogens with one attached hydrogen (secondary N) is 1. The van der Waals surface area contributed by atoms with E-state index < -0.39 is 10.9 Å². The van der Waals surface area contributed by atoms with Crippen LogP contribution in [0.25, 0.3) is 0 Å². The van der Waals surface area contributed by atoms with Crippen LogP contribution < -0.4 is 5.32 Å². The van der Waals surface area contributed by atoms with Crippen LogP contribution in [-0.4, -0.2) is 24.5 Å². The molecule has 1 saturated carbocycles. The molecule has 0 saturated heterocycles. The van der Waals surface area contributed by atoms with Crippen LogP contribution >= 0.6 is 0 Å². The van der Waals surface area contributed by atoms with Crippen LogP contribution in [0.4, 0.5) is 11.4 Å². The van der Waals surface area contributed by atoms with E-state index in [0.717, 1.165) is 12.8 Å². The number of methoxy groups -OCH3 is 1. The Morgan fingerprint density at radius 1 is 1.50 bits per heavy atom. The van der Waals surface area contributed by atoms with Gasteiger partial charge in [0.15, 0.2) is 0 Å². The summed E-state index contributed by atoms with van der Waals surface area (Å²) in [6, 6.07) is 4.21. The predicted octanol–water partition coefficient (Wildman–Crippen LogP) is 2.98. The van der Waals surface area contributed by atoms with Crippen LogP contribution in [0.15, 0.2) is 18.2 Å². The molecule has 6 heteroatoms. The van der Waals surface area contributed by atoms with Crippen molar-refractivity contribution < 1.29 is 14.5 Å². The number of ether oxygens (including phenoxy) is 1. The van der Waals surface area contributed by atoms with Crippen molar-refractivity contribution in [1.29, 1.82) is 0 Å². The van der Waals surface area contributed by atoms with Crippen molar-refractivity contribution in [2.75, 3.05) is 19.0 Å². The summed E-state index contributed by atoms with van der Waals surface area (Å²) in [7, 11) is 1.28. The number of esters is 1. The number of rotatable bonds is 5. The second-order valence-corrected chi connectivity index (χ2v) is 5.50. The van der Waals surface area contributed by atoms with Gasteiger partial charge in [-0.05, 0) is 30.4 Å². The number of carbonyl (C=O) groups excluding carboxylic acids is 1. The summed E-state index contributed by atoms with van der Waals surface area (Å²) in [6.07, 6.45) is 3.43. The normalized spacial score (nSPS) is 16.1. The van der Waals surface area contributed by atoms with Gasteiger partial charge in [0.25, 0.3) is 5.69 Å². The average Bonchev–Trinajstić information content (AvgIpc) is 2.41. The van der Waals surface area contributed by atoms with Gasteiger partial charge < -0.3 is 10.1 Å². The molecule has 1 aliphatic rings. The molecule has 108 valence electrons. The van der Waals surface area contributed by atoms with Crippen molar-refractivity contribution in [3.63, 3.8) is 0 Å². The molecule has 0 atom stereocenters. The predicted molar refractivity (Wildman–Crippen MR) is 74.9 cm³/mol. The molecule has 20 heavy (non-hydrogen) atoms. The summed E-state index contributed by atoms with van der Waals surface area (Å²) < 4.78 is 4.63. The van der Waals surface area contributed by atoms with Gasteiger partial charge in [0.05, 0.1) is 17.6 Å². The Morgan fingerprint density at radius 3 is 2.70 bits per heavy atom. The van der Waals surface area contributed by atoms with Crippen molar-refractivity contribution in [3.05, 3.63) is 33.9 Å². The lowest BCUT2D eigenvalue weighted by Gasteiger charge is -2.38. The quantitative estimate of drug-likeness (QED) is 0.508. The van der Waals surface area contributed by atoms with E-state index in [2.05, 4.69) is 17.0 Å². The Labute approximate surface area is 117 Å². The molecule has 1 aliphatic carbocycles. The molecular formula is C14H18N2O4. The maximum absolute atomic E-state index is 11.5. The second kappa shape index (κ2) is 5.48. The van der Waals surface area contributed by atoms with E-state index in [1.165, 1.54) is 31.7 Å². The summed E-state index contributed by atoms with van der Waals surface area (Å²) in [6.45, 7) is 2.82. The molecule has 0 heterocycles. The first kappa shape index (κ1) is 14.3. The number of anilines is 1. The number of nitro groups is 1. The Bertz CT molecular complexity index is 538. The van der Waals surface area contributed by atoms with Gasteiger partial charge in [0, 0.05) is 12.6 Å². The lowest BCUT2D eigenvalue weighted by atomic mass is 9.70. The van der Waals surface area contributed by atoms with Gasteiger partial charge in [0.1, 0.15) is 5.69 Å². The minimum atomic E-state index is -0.502. The van der Waals surface area contributed by atoms with Gasteiger partial charge in [-0.2, -0.15) is 0 Å². The lowest BCUT2D eigenvalue weighted by Crippen LogP contribution is -2.33. The van der Waals surface area contributed by atoms with Gasteiger partial charge in [-0.15, -0.1) is 0 Å². The maximum Gasteiger partial charge on any atom is 0.337 e. The van der Waals surface area contributed by atoms with Crippen LogP contribution in [0, 0.1) is 15.5 Å². The summed E-state index contributed by atoms with van der Waals surface area (Å²) >= 11 is 0. The van der Waals surface area contributed by atoms with E-state index in [0.29, 0.717) is 17.8 Å². The van der Waals surface area contributed by atoms with E-state index >= 15 is 0 Å². The third kappa shape index (κ3) is 2.89. The molecular weight excluding hydrogens is 260 g/mol. The van der Waals surface area contributed by atoms with Crippen LogP contribution in [0.2, 0.25) is 0 Å². The molecule has 0 spiro atoms. The van der Waals surface area contributed by atoms with Crippen molar-refractivity contribution in [1.82, 2.24) is 0 Å². The number of hydrogen-bond acceptors (Lipinski definition) is 5. The fourth-order valence-electron chi connectivity index (χ4n) is 2.35. The minimum absolute atomic E-state index is 0.0272. The van der Waals surface area contributed by atoms with E-state index in [-0.39, 0.29) is 11.1 Å². The van der Waals surface area contributed by atoms with Crippen LogP contribution in [0.3, 0.4) is 0 Å². The Hall–Kier alpha value is -2.11. The fraction of sp³-hybridized carbons (Fsp3) is 0.500. The highest BCUT2D eigenvalue weighted by Gasteiger charge is 2.32. The number of carbonyl (C=O) groups is 1. The first-order valence-electron chi connectivity index (χ1n) is 6.56. The molecule has 1 aromatic carbocycles. The van der Waals surface area contributed by atoms with E-state index in [4.69, 9.17) is 0 Å². The molecule has 0 bridgehead atoms. The standard InChI is InChI=1S/C14H18N2O4/c1-14(6-3-7-14)9-15-11-8-10(13(17)20-2)4-5-12(11)16(18)19/h4-5,8,15H,3,6-7,9H2,1-2H3. The summed E-state index contributed by atoms with van der Waals surface area (Å²) in [5.41, 5.74) is 0.834. The maximum atomic E-state index is 11.5. The minimum Gasteiger partial charge on any atom is -0.465 e. The molecule has 0 aromatic heterocycles. The molecule has 0 amide bonds. The average molecular weight is 278 g/mol. The molecule has 0 radical (unpaired) electrons. The molecule has 1 aromatic rings. The van der Waals surface area contributed by atoms with Crippen LogP contribution in [0.5, 0.6) is 0 Å². The van der Waals surface area contributed by atoms with Gasteiger partial charge in [0.2, 0.25) is 0 Å². The Morgan fingerprint density at radius 2 is 2.20 bits per heavy atom. The number of hydrogen-bond donors (Lipinski definition) is 1. The Kier molecular flexibility index (Phi) is 3.92. The largest absolute Gasteiger partial charge is 0.465 e. The highest BCUT2D eigenvalue weighted by atomic mass is 16.6. The van der Waals surface area contributed by atoms with E-state index in [9.17, 15) is 14.9 Å². The van der Waals surface area contributed by atoms with Crippen LogP contribution in [-0.2, 0) is 4.74 Å². The number of nitrogens with zero attached hydrogens (tertiary/aromatic N) is 1. The van der Waals surface area contributed by atoms with Gasteiger partial charge in [-0.3, -0.25) is 10.1 Å². The van der Waals surface area contributed by atoms with Crippen molar-refractivity contribution in [3.8, 4) is 0 Å². The molecule has 0 aliphatic heterocycles. The first-order chi connectivity index (χ1) is 9.45. The van der Waals surface area contributed by atoms with Gasteiger partial charge in [-0.1, -0.05) is 13.3 Å². The van der Waals surface area contributed by atoms with Crippen molar-refractivity contribution in [2.24, 2.45) is 5.41 Å². The number of nitro benzene ring substituents is 1. The third-order valence-electron chi connectivity index (χ3n) is 3.88. The molecule has 6 nitrogen and oxygen atoms in total. The summed E-state index contributed by atoms with van der Waals surface area (Å²) in [5, 5.41) is 14.1. The second-order valence-electron chi connectivity index (χ2n) is 5.50. The van der Waals surface area contributed by atoms with E-state index in [1.54, 1.807) is 0 Å². The zero-order valence-electron chi connectivity index (χ0n) is 11.6. The monoisotopic (exact) mass is 278 g/mol. The van der Waals surface area contributed by atoms with Crippen molar-refractivity contribution >= 4 is 17.3 Å². The fourth-order valence-corrected chi connectivity index (χ4v) is 2.35. The Balaban J connectivity index is 2.22. The lowest BCUT2D eigenvalue weighted by molar-refractivity contribution is -0.384. The van der Waals surface area contributed by atoms with E-state index in [1.807, 2.05) is 0 Å². The van der Waals surface area contributed by atoms with Crippen molar-refractivity contribution in [2.45, 2.75) is 26.2 Å². The molecule has 2 rings (SSSR count). The zero-order valence-corrected chi connectivity index (χ0v) is 11.6. The molecule has 1 fully saturated rings.